The van der Waals surface area contributed by atoms with Crippen molar-refractivity contribution < 1.29 is 9.18 Å². The number of benzene rings is 1. The predicted octanol–water partition coefficient (Wildman–Crippen LogP) is 5.83. The Hall–Kier alpha value is -1.38. The summed E-state index contributed by atoms with van der Waals surface area (Å²) in [7, 11) is 0. The van der Waals surface area contributed by atoms with E-state index in [0.29, 0.717) is 11.3 Å². The number of Topliss-reactive ketones (excluding diaryl/α,β-unsaturated/α-hetero) is 1. The Morgan fingerprint density at radius 1 is 1.22 bits per heavy atom. The van der Waals surface area contributed by atoms with Crippen molar-refractivity contribution in [1.29, 1.82) is 0 Å². The SMILES string of the molecule is CC(C)C(=O)c1ccc(F)cc1NCCCCC1CCCCC1. The van der Waals surface area contributed by atoms with Crippen LogP contribution in [-0.2, 0) is 0 Å². The van der Waals surface area contributed by atoms with Crippen LogP contribution in [0.15, 0.2) is 18.2 Å². The minimum atomic E-state index is -0.296. The number of rotatable bonds is 8. The molecule has 1 aromatic rings. The molecule has 3 heteroatoms. The Labute approximate surface area is 139 Å². The van der Waals surface area contributed by atoms with E-state index >= 15 is 0 Å². The number of carbonyl (C=O) groups is 1. The van der Waals surface area contributed by atoms with Gasteiger partial charge in [-0.15, -0.1) is 0 Å². The lowest BCUT2D eigenvalue weighted by Crippen LogP contribution is -2.13. The summed E-state index contributed by atoms with van der Waals surface area (Å²) in [6, 6.07) is 4.41. The van der Waals surface area contributed by atoms with Gasteiger partial charge in [0.2, 0.25) is 0 Å². The van der Waals surface area contributed by atoms with Crippen molar-refractivity contribution in [2.45, 2.75) is 65.2 Å². The van der Waals surface area contributed by atoms with Crippen LogP contribution in [0, 0.1) is 17.7 Å². The predicted molar refractivity (Wildman–Crippen MR) is 94.5 cm³/mol. The molecule has 2 rings (SSSR count). The molecular weight excluding hydrogens is 289 g/mol. The number of anilines is 1. The van der Waals surface area contributed by atoms with Gasteiger partial charge in [-0.05, 0) is 30.5 Å². The number of hydrogen-bond acceptors (Lipinski definition) is 2. The van der Waals surface area contributed by atoms with Gasteiger partial charge in [-0.25, -0.2) is 4.39 Å². The Morgan fingerprint density at radius 2 is 1.96 bits per heavy atom. The highest BCUT2D eigenvalue weighted by molar-refractivity contribution is 6.02. The smallest absolute Gasteiger partial charge is 0.167 e. The van der Waals surface area contributed by atoms with Crippen molar-refractivity contribution in [1.82, 2.24) is 0 Å². The third-order valence-corrected chi connectivity index (χ3v) is 4.85. The third kappa shape index (κ3) is 5.63. The van der Waals surface area contributed by atoms with Crippen molar-refractivity contribution >= 4 is 11.5 Å². The second-order valence-corrected chi connectivity index (χ2v) is 7.14. The van der Waals surface area contributed by atoms with Crippen LogP contribution in [0.3, 0.4) is 0 Å². The van der Waals surface area contributed by atoms with Gasteiger partial charge in [0.05, 0.1) is 0 Å². The lowest BCUT2D eigenvalue weighted by atomic mass is 9.86. The second-order valence-electron chi connectivity index (χ2n) is 7.14. The molecule has 1 N–H and O–H groups in total. The van der Waals surface area contributed by atoms with Gasteiger partial charge < -0.3 is 5.32 Å². The molecule has 1 fully saturated rings. The molecule has 1 aliphatic rings. The van der Waals surface area contributed by atoms with Crippen molar-refractivity contribution in [3.05, 3.63) is 29.6 Å². The first kappa shape index (κ1) is 18.0. The zero-order valence-corrected chi connectivity index (χ0v) is 14.5. The van der Waals surface area contributed by atoms with Gasteiger partial charge in [-0.2, -0.15) is 0 Å². The van der Waals surface area contributed by atoms with E-state index in [2.05, 4.69) is 5.32 Å². The summed E-state index contributed by atoms with van der Waals surface area (Å²) in [5.74, 6) is 0.605. The van der Waals surface area contributed by atoms with Crippen LogP contribution in [0.2, 0.25) is 0 Å². The van der Waals surface area contributed by atoms with Crippen molar-refractivity contribution in [2.24, 2.45) is 11.8 Å². The Kier molecular flexibility index (Phi) is 7.07. The van der Waals surface area contributed by atoms with Crippen LogP contribution in [0.1, 0.15) is 75.6 Å². The molecule has 128 valence electrons. The summed E-state index contributed by atoms with van der Waals surface area (Å²) in [5.41, 5.74) is 1.25. The van der Waals surface area contributed by atoms with Crippen LogP contribution in [0.5, 0.6) is 0 Å². The molecule has 0 amide bonds. The zero-order valence-electron chi connectivity index (χ0n) is 14.5. The average molecular weight is 319 g/mol. The van der Waals surface area contributed by atoms with Gasteiger partial charge in [0.15, 0.2) is 5.78 Å². The maximum Gasteiger partial charge on any atom is 0.167 e. The highest BCUT2D eigenvalue weighted by Crippen LogP contribution is 2.27. The highest BCUT2D eigenvalue weighted by Gasteiger charge is 2.16. The van der Waals surface area contributed by atoms with Crippen LogP contribution in [-0.4, -0.2) is 12.3 Å². The highest BCUT2D eigenvalue weighted by atomic mass is 19.1. The summed E-state index contributed by atoms with van der Waals surface area (Å²) in [4.78, 5) is 12.2. The molecule has 1 aromatic carbocycles. The van der Waals surface area contributed by atoms with E-state index in [1.54, 1.807) is 6.07 Å². The largest absolute Gasteiger partial charge is 0.384 e. The molecule has 0 heterocycles. The topological polar surface area (TPSA) is 29.1 Å². The number of carbonyl (C=O) groups excluding carboxylic acids is 1. The van der Waals surface area contributed by atoms with Gasteiger partial charge in [0.25, 0.3) is 0 Å². The normalized spacial score (nSPS) is 15.8. The number of halogens is 1. The van der Waals surface area contributed by atoms with E-state index < -0.39 is 0 Å². The fourth-order valence-electron chi connectivity index (χ4n) is 3.45. The van der Waals surface area contributed by atoms with E-state index in [1.165, 1.54) is 57.1 Å². The van der Waals surface area contributed by atoms with E-state index in [4.69, 9.17) is 0 Å². The Bertz CT molecular complexity index is 506. The van der Waals surface area contributed by atoms with E-state index in [9.17, 15) is 9.18 Å². The van der Waals surface area contributed by atoms with Gasteiger partial charge in [0.1, 0.15) is 5.82 Å². The van der Waals surface area contributed by atoms with Gasteiger partial charge >= 0.3 is 0 Å². The van der Waals surface area contributed by atoms with Crippen molar-refractivity contribution in [3.63, 3.8) is 0 Å². The maximum atomic E-state index is 13.5. The monoisotopic (exact) mass is 319 g/mol. The van der Waals surface area contributed by atoms with Crippen LogP contribution < -0.4 is 5.32 Å². The van der Waals surface area contributed by atoms with Crippen LogP contribution in [0.4, 0.5) is 10.1 Å². The van der Waals surface area contributed by atoms with Gasteiger partial charge in [0, 0.05) is 23.7 Å². The average Bonchev–Trinajstić information content (AvgIpc) is 2.55. The summed E-state index contributed by atoms with van der Waals surface area (Å²) >= 11 is 0. The fourth-order valence-corrected chi connectivity index (χ4v) is 3.45. The number of unbranched alkanes of at least 4 members (excludes halogenated alkanes) is 1. The van der Waals surface area contributed by atoms with Gasteiger partial charge in [-0.1, -0.05) is 58.8 Å². The molecule has 0 saturated heterocycles. The minimum Gasteiger partial charge on any atom is -0.384 e. The summed E-state index contributed by atoms with van der Waals surface area (Å²) in [5, 5.41) is 3.27. The zero-order chi connectivity index (χ0) is 16.7. The third-order valence-electron chi connectivity index (χ3n) is 4.85. The summed E-state index contributed by atoms with van der Waals surface area (Å²) in [6.07, 6.45) is 10.6. The van der Waals surface area contributed by atoms with E-state index in [-0.39, 0.29) is 17.5 Å². The fraction of sp³-hybridized carbons (Fsp3) is 0.650. The molecule has 0 aliphatic heterocycles. The molecular formula is C20H30FNO. The molecule has 0 atom stereocenters. The molecule has 0 radical (unpaired) electrons. The molecule has 23 heavy (non-hydrogen) atoms. The quantitative estimate of drug-likeness (QED) is 0.482. The molecule has 0 unspecified atom stereocenters. The van der Waals surface area contributed by atoms with E-state index in [0.717, 1.165) is 18.9 Å². The summed E-state index contributed by atoms with van der Waals surface area (Å²) < 4.78 is 13.5. The summed E-state index contributed by atoms with van der Waals surface area (Å²) in [6.45, 7) is 4.55. The van der Waals surface area contributed by atoms with E-state index in [1.807, 2.05) is 13.8 Å². The Morgan fingerprint density at radius 3 is 2.65 bits per heavy atom. The molecule has 1 saturated carbocycles. The minimum absolute atomic E-state index is 0.0645. The van der Waals surface area contributed by atoms with Crippen molar-refractivity contribution in [3.8, 4) is 0 Å². The van der Waals surface area contributed by atoms with Crippen LogP contribution >= 0.6 is 0 Å². The first-order valence-electron chi connectivity index (χ1n) is 9.15. The Balaban J connectivity index is 1.80. The number of nitrogens with one attached hydrogen (secondary N) is 1. The number of hydrogen-bond donors (Lipinski definition) is 1. The maximum absolute atomic E-state index is 13.5. The standard InChI is InChI=1S/C20H30FNO/c1-15(2)20(23)18-12-11-17(21)14-19(18)22-13-7-6-10-16-8-4-3-5-9-16/h11-12,14-16,22H,3-10,13H2,1-2H3. The first-order valence-corrected chi connectivity index (χ1v) is 9.15. The molecule has 0 spiro atoms. The molecule has 1 aliphatic carbocycles. The second kappa shape index (κ2) is 9.05. The molecule has 0 aromatic heterocycles. The lowest BCUT2D eigenvalue weighted by molar-refractivity contribution is 0.0940. The number of ketones is 1. The lowest BCUT2D eigenvalue weighted by Gasteiger charge is -2.21. The molecule has 0 bridgehead atoms. The van der Waals surface area contributed by atoms with Gasteiger partial charge in [-0.3, -0.25) is 4.79 Å². The first-order chi connectivity index (χ1) is 11.1. The van der Waals surface area contributed by atoms with Crippen molar-refractivity contribution in [2.75, 3.05) is 11.9 Å². The molecule has 2 nitrogen and oxygen atoms in total. The van der Waals surface area contributed by atoms with Crippen LogP contribution in [0.25, 0.3) is 0 Å².